The summed E-state index contributed by atoms with van der Waals surface area (Å²) in [4.78, 5) is 32.7. The van der Waals surface area contributed by atoms with Crippen molar-refractivity contribution >= 4 is 17.6 Å². The van der Waals surface area contributed by atoms with Crippen LogP contribution >= 0.6 is 0 Å². The molecule has 7 heteroatoms. The molecule has 0 aliphatic rings. The molecule has 0 unspecified atom stereocenters. The van der Waals surface area contributed by atoms with Gasteiger partial charge in [0.25, 0.3) is 5.69 Å². The number of nitrogens with one attached hydrogen (secondary N) is 1. The fourth-order valence-electron chi connectivity index (χ4n) is 2.10. The molecule has 2 aromatic rings. The van der Waals surface area contributed by atoms with E-state index < -0.39 is 10.9 Å². The maximum atomic E-state index is 11.8. The molecule has 0 aliphatic heterocycles. The number of hydrogen-bond donors (Lipinski definition) is 2. The van der Waals surface area contributed by atoms with Crippen LogP contribution in [0.5, 0.6) is 0 Å². The third kappa shape index (κ3) is 4.91. The summed E-state index contributed by atoms with van der Waals surface area (Å²) >= 11 is 0. The van der Waals surface area contributed by atoms with E-state index in [0.717, 1.165) is 11.1 Å². The number of nitrogens with zero attached hydrogens (tertiary/aromatic N) is 1. The van der Waals surface area contributed by atoms with Crippen LogP contribution in [0.15, 0.2) is 48.5 Å². The minimum absolute atomic E-state index is 0.0213. The molecule has 124 valence electrons. The highest BCUT2D eigenvalue weighted by molar-refractivity contribution is 5.87. The van der Waals surface area contributed by atoms with E-state index in [0.29, 0.717) is 13.0 Å². The molecule has 0 saturated heterocycles. The second-order valence-electron chi connectivity index (χ2n) is 5.20. The zero-order chi connectivity index (χ0) is 17.5. The van der Waals surface area contributed by atoms with E-state index in [1.807, 2.05) is 0 Å². The van der Waals surface area contributed by atoms with E-state index in [9.17, 15) is 19.7 Å². The standard InChI is InChI=1S/C17H16N2O5/c20-16(10-5-12-3-8-15(9-4-12)19(23)24)18-11-13-1-6-14(7-2-13)17(21)22/h1-4,6-9H,5,10-11H2,(H,18,20)(H,21,22). The van der Waals surface area contributed by atoms with Crippen LogP contribution in [0.25, 0.3) is 0 Å². The predicted octanol–water partition coefficient (Wildman–Crippen LogP) is 2.54. The number of hydrogen-bond acceptors (Lipinski definition) is 4. The Morgan fingerprint density at radius 2 is 1.58 bits per heavy atom. The first-order valence-electron chi connectivity index (χ1n) is 7.28. The Bertz CT molecular complexity index is 675. The molecule has 0 saturated carbocycles. The molecule has 0 bridgehead atoms. The topological polar surface area (TPSA) is 110 Å². The van der Waals surface area contributed by atoms with Crippen molar-refractivity contribution in [2.45, 2.75) is 19.4 Å². The molecule has 2 N–H and O–H groups in total. The van der Waals surface area contributed by atoms with E-state index >= 15 is 0 Å². The van der Waals surface area contributed by atoms with Crippen LogP contribution in [0.4, 0.5) is 5.69 Å². The fraction of sp³-hybridized carbons (Fsp3) is 0.176. The van der Waals surface area contributed by atoms with Gasteiger partial charge in [-0.3, -0.25) is 14.9 Å². The van der Waals surface area contributed by atoms with Crippen molar-refractivity contribution in [3.8, 4) is 0 Å². The molecular formula is C17H16N2O5. The Morgan fingerprint density at radius 1 is 1.00 bits per heavy atom. The second kappa shape index (κ2) is 7.87. The zero-order valence-electron chi connectivity index (χ0n) is 12.8. The monoisotopic (exact) mass is 328 g/mol. The fourth-order valence-corrected chi connectivity index (χ4v) is 2.10. The van der Waals surface area contributed by atoms with Crippen LogP contribution in [0, 0.1) is 10.1 Å². The van der Waals surface area contributed by atoms with Crippen molar-refractivity contribution in [1.82, 2.24) is 5.32 Å². The number of carboxylic acids is 1. The molecule has 0 aliphatic carbocycles. The number of nitro groups is 1. The summed E-state index contributed by atoms with van der Waals surface area (Å²) in [6, 6.07) is 12.4. The summed E-state index contributed by atoms with van der Waals surface area (Å²) in [5.74, 6) is -1.13. The van der Waals surface area contributed by atoms with Crippen molar-refractivity contribution in [3.05, 3.63) is 75.3 Å². The van der Waals surface area contributed by atoms with E-state index in [1.54, 1.807) is 24.3 Å². The third-order valence-electron chi connectivity index (χ3n) is 3.48. The SMILES string of the molecule is O=C(CCc1ccc([N+](=O)[O-])cc1)NCc1ccc(C(=O)O)cc1. The van der Waals surface area contributed by atoms with Crippen LogP contribution in [0.1, 0.15) is 27.9 Å². The largest absolute Gasteiger partial charge is 0.478 e. The second-order valence-corrected chi connectivity index (χ2v) is 5.20. The number of nitro benzene ring substituents is 1. The minimum atomic E-state index is -0.992. The van der Waals surface area contributed by atoms with Crippen LogP contribution in [-0.4, -0.2) is 21.9 Å². The van der Waals surface area contributed by atoms with Crippen molar-refractivity contribution in [2.24, 2.45) is 0 Å². The highest BCUT2D eigenvalue weighted by atomic mass is 16.6. The van der Waals surface area contributed by atoms with Gasteiger partial charge in [0.2, 0.25) is 5.91 Å². The lowest BCUT2D eigenvalue weighted by Crippen LogP contribution is -2.23. The number of aromatic carboxylic acids is 1. The lowest BCUT2D eigenvalue weighted by atomic mass is 10.1. The van der Waals surface area contributed by atoms with Gasteiger partial charge in [-0.15, -0.1) is 0 Å². The summed E-state index contributed by atoms with van der Waals surface area (Å²) in [5.41, 5.74) is 1.88. The molecule has 0 fully saturated rings. The van der Waals surface area contributed by atoms with Gasteiger partial charge in [-0.2, -0.15) is 0 Å². The first-order chi connectivity index (χ1) is 11.5. The van der Waals surface area contributed by atoms with Gasteiger partial charge in [-0.25, -0.2) is 4.79 Å². The van der Waals surface area contributed by atoms with Gasteiger partial charge in [0.15, 0.2) is 0 Å². The number of rotatable bonds is 7. The number of non-ortho nitro benzene ring substituents is 1. The Hall–Kier alpha value is -3.22. The molecule has 0 radical (unpaired) electrons. The quantitative estimate of drug-likeness (QED) is 0.599. The van der Waals surface area contributed by atoms with Gasteiger partial charge in [0.05, 0.1) is 10.5 Å². The molecule has 0 atom stereocenters. The summed E-state index contributed by atoms with van der Waals surface area (Å²) in [6.45, 7) is 0.318. The predicted molar refractivity (Wildman–Crippen MR) is 86.7 cm³/mol. The molecule has 2 aromatic carbocycles. The summed E-state index contributed by atoms with van der Waals surface area (Å²) in [6.07, 6.45) is 0.757. The lowest BCUT2D eigenvalue weighted by molar-refractivity contribution is -0.384. The minimum Gasteiger partial charge on any atom is -0.478 e. The first kappa shape index (κ1) is 17.1. The highest BCUT2D eigenvalue weighted by Gasteiger charge is 2.07. The van der Waals surface area contributed by atoms with Gasteiger partial charge < -0.3 is 10.4 Å². The highest BCUT2D eigenvalue weighted by Crippen LogP contribution is 2.13. The Morgan fingerprint density at radius 3 is 2.12 bits per heavy atom. The number of carboxylic acid groups (broad SMARTS) is 1. The maximum absolute atomic E-state index is 11.8. The van der Waals surface area contributed by atoms with Gasteiger partial charge >= 0.3 is 5.97 Å². The van der Waals surface area contributed by atoms with Gasteiger partial charge in [0.1, 0.15) is 0 Å². The molecule has 24 heavy (non-hydrogen) atoms. The zero-order valence-corrected chi connectivity index (χ0v) is 12.8. The number of carbonyl (C=O) groups is 2. The van der Waals surface area contributed by atoms with Crippen LogP contribution < -0.4 is 5.32 Å². The Labute approximate surface area is 138 Å². The molecular weight excluding hydrogens is 312 g/mol. The molecule has 0 spiro atoms. The maximum Gasteiger partial charge on any atom is 0.335 e. The van der Waals surface area contributed by atoms with E-state index in [4.69, 9.17) is 5.11 Å². The Balaban J connectivity index is 1.78. The summed E-state index contributed by atoms with van der Waals surface area (Å²) in [5, 5.41) is 22.1. The van der Waals surface area contributed by atoms with Crippen molar-refractivity contribution in [3.63, 3.8) is 0 Å². The molecule has 0 heterocycles. The smallest absolute Gasteiger partial charge is 0.335 e. The Kier molecular flexibility index (Phi) is 5.62. The van der Waals surface area contributed by atoms with Crippen molar-refractivity contribution < 1.29 is 19.6 Å². The molecule has 1 amide bonds. The number of aryl methyl sites for hydroxylation is 1. The average Bonchev–Trinajstić information content (AvgIpc) is 2.58. The van der Waals surface area contributed by atoms with Crippen LogP contribution in [0.2, 0.25) is 0 Å². The molecule has 7 nitrogen and oxygen atoms in total. The first-order valence-corrected chi connectivity index (χ1v) is 7.28. The van der Waals surface area contributed by atoms with Gasteiger partial charge in [-0.05, 0) is 29.7 Å². The number of benzene rings is 2. The molecule has 0 aromatic heterocycles. The number of carbonyl (C=O) groups excluding carboxylic acids is 1. The van der Waals surface area contributed by atoms with E-state index in [-0.39, 0.29) is 23.6 Å². The summed E-state index contributed by atoms with van der Waals surface area (Å²) in [7, 11) is 0. The van der Waals surface area contributed by atoms with Crippen LogP contribution in [-0.2, 0) is 17.8 Å². The molecule has 2 rings (SSSR count). The van der Waals surface area contributed by atoms with Gasteiger partial charge in [0, 0.05) is 25.1 Å². The van der Waals surface area contributed by atoms with E-state index in [1.165, 1.54) is 24.3 Å². The van der Waals surface area contributed by atoms with Crippen molar-refractivity contribution in [1.29, 1.82) is 0 Å². The van der Waals surface area contributed by atoms with Crippen LogP contribution in [0.3, 0.4) is 0 Å². The summed E-state index contributed by atoms with van der Waals surface area (Å²) < 4.78 is 0. The lowest BCUT2D eigenvalue weighted by Gasteiger charge is -2.06. The number of amides is 1. The normalized spacial score (nSPS) is 10.2. The van der Waals surface area contributed by atoms with E-state index in [2.05, 4.69) is 5.32 Å². The third-order valence-corrected chi connectivity index (χ3v) is 3.48. The van der Waals surface area contributed by atoms with Gasteiger partial charge in [-0.1, -0.05) is 24.3 Å². The average molecular weight is 328 g/mol. The van der Waals surface area contributed by atoms with Crippen molar-refractivity contribution in [2.75, 3.05) is 0 Å².